The van der Waals surface area contributed by atoms with Crippen molar-refractivity contribution in [3.8, 4) is 0 Å². The fourth-order valence-electron chi connectivity index (χ4n) is 2.74. The summed E-state index contributed by atoms with van der Waals surface area (Å²) in [6, 6.07) is 4.50. The van der Waals surface area contributed by atoms with Crippen molar-refractivity contribution in [3.63, 3.8) is 0 Å². The minimum Gasteiger partial charge on any atom is -0.353 e. The van der Waals surface area contributed by atoms with Gasteiger partial charge in [0.1, 0.15) is 0 Å². The Morgan fingerprint density at radius 3 is 3.00 bits per heavy atom. The summed E-state index contributed by atoms with van der Waals surface area (Å²) in [6.45, 7) is 0. The van der Waals surface area contributed by atoms with Crippen molar-refractivity contribution in [1.82, 2.24) is 5.32 Å². The Bertz CT molecular complexity index is 380. The zero-order valence-electron chi connectivity index (χ0n) is 11.2. The van der Waals surface area contributed by atoms with Crippen LogP contribution in [0.1, 0.15) is 43.4 Å². The van der Waals surface area contributed by atoms with Crippen LogP contribution in [0.25, 0.3) is 0 Å². The van der Waals surface area contributed by atoms with Crippen LogP contribution in [0.5, 0.6) is 0 Å². The molecule has 0 spiro atoms. The first kappa shape index (κ1) is 14.9. The molecule has 1 heterocycles. The lowest BCUT2D eigenvalue weighted by molar-refractivity contribution is -0.122. The highest BCUT2D eigenvalue weighted by Crippen LogP contribution is 2.25. The van der Waals surface area contributed by atoms with E-state index in [1.807, 2.05) is 0 Å². The SMILES string of the molecule is O=C(CCCc1cccs1)NC1CCCCC1CCl. The summed E-state index contributed by atoms with van der Waals surface area (Å²) in [6.07, 6.45) is 7.29. The molecular formula is C15H22ClNOS. The predicted molar refractivity (Wildman–Crippen MR) is 81.9 cm³/mol. The second-order valence-corrected chi connectivity index (χ2v) is 6.65. The summed E-state index contributed by atoms with van der Waals surface area (Å²) >= 11 is 7.75. The van der Waals surface area contributed by atoms with Gasteiger partial charge in [0.15, 0.2) is 0 Å². The van der Waals surface area contributed by atoms with E-state index in [1.54, 1.807) is 11.3 Å². The largest absolute Gasteiger partial charge is 0.353 e. The summed E-state index contributed by atoms with van der Waals surface area (Å²) in [7, 11) is 0. The van der Waals surface area contributed by atoms with Gasteiger partial charge in [0.25, 0.3) is 0 Å². The standard InChI is InChI=1S/C15H22ClNOS/c16-11-12-5-1-2-8-14(12)17-15(18)9-3-6-13-7-4-10-19-13/h4,7,10,12,14H,1-3,5-6,8-9,11H2,(H,17,18). The van der Waals surface area contributed by atoms with Crippen molar-refractivity contribution < 1.29 is 4.79 Å². The Kier molecular flexibility index (Phi) is 6.18. The molecule has 1 saturated carbocycles. The molecule has 1 aliphatic rings. The monoisotopic (exact) mass is 299 g/mol. The van der Waals surface area contributed by atoms with Crippen molar-refractivity contribution in [1.29, 1.82) is 0 Å². The molecule has 0 saturated heterocycles. The highest BCUT2D eigenvalue weighted by atomic mass is 35.5. The van der Waals surface area contributed by atoms with Gasteiger partial charge < -0.3 is 5.32 Å². The number of thiophene rings is 1. The Morgan fingerprint density at radius 1 is 1.42 bits per heavy atom. The molecule has 1 N–H and O–H groups in total. The molecule has 4 heteroatoms. The molecule has 2 rings (SSSR count). The lowest BCUT2D eigenvalue weighted by Crippen LogP contribution is -2.42. The third-order valence-corrected chi connectivity index (χ3v) is 5.19. The number of alkyl halides is 1. The topological polar surface area (TPSA) is 29.1 Å². The first-order valence-electron chi connectivity index (χ1n) is 7.17. The lowest BCUT2D eigenvalue weighted by atomic mass is 9.85. The Morgan fingerprint density at radius 2 is 2.26 bits per heavy atom. The Hall–Kier alpha value is -0.540. The third kappa shape index (κ3) is 4.81. The van der Waals surface area contributed by atoms with Crippen LogP contribution < -0.4 is 5.32 Å². The summed E-state index contributed by atoms with van der Waals surface area (Å²) in [5, 5.41) is 5.27. The summed E-state index contributed by atoms with van der Waals surface area (Å²) in [4.78, 5) is 13.3. The van der Waals surface area contributed by atoms with Crippen LogP contribution >= 0.6 is 22.9 Å². The first-order chi connectivity index (χ1) is 9.29. The molecule has 0 bridgehead atoms. The molecule has 1 amide bonds. The van der Waals surface area contributed by atoms with Gasteiger partial charge in [-0.1, -0.05) is 18.9 Å². The number of aryl methyl sites for hydroxylation is 1. The van der Waals surface area contributed by atoms with E-state index < -0.39 is 0 Å². The summed E-state index contributed by atoms with van der Waals surface area (Å²) < 4.78 is 0. The lowest BCUT2D eigenvalue weighted by Gasteiger charge is -2.30. The molecule has 2 nitrogen and oxygen atoms in total. The summed E-state index contributed by atoms with van der Waals surface area (Å²) in [5.74, 6) is 1.33. The number of nitrogens with one attached hydrogen (secondary N) is 1. The molecule has 106 valence electrons. The van der Waals surface area contributed by atoms with Gasteiger partial charge in [-0.15, -0.1) is 22.9 Å². The second kappa shape index (κ2) is 7.91. The van der Waals surface area contributed by atoms with Gasteiger partial charge in [-0.25, -0.2) is 0 Å². The molecule has 1 aromatic rings. The van der Waals surface area contributed by atoms with Gasteiger partial charge in [-0.2, -0.15) is 0 Å². The molecule has 1 aliphatic carbocycles. The normalized spacial score (nSPS) is 23.2. The van der Waals surface area contributed by atoms with Crippen LogP contribution in [0.3, 0.4) is 0 Å². The van der Waals surface area contributed by atoms with E-state index in [0.29, 0.717) is 24.3 Å². The average Bonchev–Trinajstić information content (AvgIpc) is 2.92. The van der Waals surface area contributed by atoms with Crippen LogP contribution in [0.15, 0.2) is 17.5 Å². The van der Waals surface area contributed by atoms with Crippen molar-refractivity contribution in [2.24, 2.45) is 5.92 Å². The van der Waals surface area contributed by atoms with Crippen molar-refractivity contribution >= 4 is 28.8 Å². The van der Waals surface area contributed by atoms with Crippen LogP contribution in [0.2, 0.25) is 0 Å². The zero-order chi connectivity index (χ0) is 13.5. The highest BCUT2D eigenvalue weighted by Gasteiger charge is 2.25. The van der Waals surface area contributed by atoms with Crippen LogP contribution in [-0.4, -0.2) is 17.8 Å². The molecule has 2 unspecified atom stereocenters. The molecule has 0 aromatic carbocycles. The molecule has 1 fully saturated rings. The molecule has 2 atom stereocenters. The fourth-order valence-corrected chi connectivity index (χ4v) is 3.86. The van der Waals surface area contributed by atoms with Gasteiger partial charge >= 0.3 is 0 Å². The van der Waals surface area contributed by atoms with Crippen LogP contribution in [-0.2, 0) is 11.2 Å². The average molecular weight is 300 g/mol. The number of carbonyl (C=O) groups excluding carboxylic acids is 1. The maximum Gasteiger partial charge on any atom is 0.220 e. The number of hydrogen-bond acceptors (Lipinski definition) is 2. The maximum absolute atomic E-state index is 12.0. The second-order valence-electron chi connectivity index (χ2n) is 5.31. The van der Waals surface area contributed by atoms with E-state index in [0.717, 1.165) is 25.7 Å². The van der Waals surface area contributed by atoms with E-state index in [4.69, 9.17) is 11.6 Å². The zero-order valence-corrected chi connectivity index (χ0v) is 12.8. The van der Waals surface area contributed by atoms with Gasteiger partial charge in [0.05, 0.1) is 0 Å². The van der Waals surface area contributed by atoms with E-state index in [2.05, 4.69) is 22.8 Å². The fraction of sp³-hybridized carbons (Fsp3) is 0.667. The molecule has 0 aliphatic heterocycles. The minimum absolute atomic E-state index is 0.193. The van der Waals surface area contributed by atoms with Crippen LogP contribution in [0.4, 0.5) is 0 Å². The number of halogens is 1. The molecule has 1 aromatic heterocycles. The number of amides is 1. The van der Waals surface area contributed by atoms with Gasteiger partial charge in [0, 0.05) is 23.2 Å². The minimum atomic E-state index is 0.193. The smallest absolute Gasteiger partial charge is 0.220 e. The van der Waals surface area contributed by atoms with Crippen molar-refractivity contribution in [2.75, 3.05) is 5.88 Å². The van der Waals surface area contributed by atoms with Crippen LogP contribution in [0, 0.1) is 5.92 Å². The van der Waals surface area contributed by atoms with Gasteiger partial charge in [0.2, 0.25) is 5.91 Å². The molecular weight excluding hydrogens is 278 g/mol. The maximum atomic E-state index is 12.0. The van der Waals surface area contributed by atoms with Crippen molar-refractivity contribution in [2.45, 2.75) is 51.0 Å². The van der Waals surface area contributed by atoms with E-state index >= 15 is 0 Å². The van der Waals surface area contributed by atoms with E-state index in [-0.39, 0.29) is 5.91 Å². The van der Waals surface area contributed by atoms with E-state index in [1.165, 1.54) is 17.7 Å². The molecule has 19 heavy (non-hydrogen) atoms. The third-order valence-electron chi connectivity index (χ3n) is 3.86. The molecule has 0 radical (unpaired) electrons. The Balaban J connectivity index is 1.68. The van der Waals surface area contributed by atoms with Crippen molar-refractivity contribution in [3.05, 3.63) is 22.4 Å². The van der Waals surface area contributed by atoms with E-state index in [9.17, 15) is 4.79 Å². The first-order valence-corrected chi connectivity index (χ1v) is 8.58. The Labute approximate surface area is 124 Å². The summed E-state index contributed by atoms with van der Waals surface area (Å²) in [5.41, 5.74) is 0. The number of hydrogen-bond donors (Lipinski definition) is 1. The van der Waals surface area contributed by atoms with Gasteiger partial charge in [-0.3, -0.25) is 4.79 Å². The predicted octanol–water partition coefficient (Wildman–Crippen LogP) is 3.98. The number of carbonyl (C=O) groups is 1. The highest BCUT2D eigenvalue weighted by molar-refractivity contribution is 7.09. The van der Waals surface area contributed by atoms with Gasteiger partial charge in [-0.05, 0) is 43.0 Å². The number of rotatable bonds is 6. The quantitative estimate of drug-likeness (QED) is 0.791.